The molecule has 0 atom stereocenters. The van der Waals surface area contributed by atoms with Gasteiger partial charge in [0, 0.05) is 34.4 Å². The van der Waals surface area contributed by atoms with Gasteiger partial charge in [0.1, 0.15) is 5.82 Å². The van der Waals surface area contributed by atoms with Crippen molar-refractivity contribution in [2.24, 2.45) is 0 Å². The molecule has 4 aromatic rings. The molecule has 0 aliphatic carbocycles. The topological polar surface area (TPSA) is 79.8 Å². The van der Waals surface area contributed by atoms with Crippen LogP contribution < -0.4 is 10.6 Å². The van der Waals surface area contributed by atoms with Crippen LogP contribution in [0.5, 0.6) is 0 Å². The van der Waals surface area contributed by atoms with Gasteiger partial charge in [0.25, 0.3) is 5.91 Å². The van der Waals surface area contributed by atoms with Gasteiger partial charge in [-0.25, -0.2) is 9.97 Å². The smallest absolute Gasteiger partial charge is 0.253 e. The van der Waals surface area contributed by atoms with Crippen LogP contribution in [-0.4, -0.2) is 26.9 Å². The van der Waals surface area contributed by atoms with E-state index in [1.807, 2.05) is 56.3 Å². The van der Waals surface area contributed by atoms with Crippen LogP contribution in [0.15, 0.2) is 67.0 Å². The number of rotatable bonds is 5. The third-order valence-corrected chi connectivity index (χ3v) is 4.66. The summed E-state index contributed by atoms with van der Waals surface area (Å²) < 4.78 is 0. The zero-order valence-electron chi connectivity index (χ0n) is 16.6. The van der Waals surface area contributed by atoms with Gasteiger partial charge >= 0.3 is 0 Å². The molecule has 2 aromatic heterocycles. The zero-order chi connectivity index (χ0) is 21.1. The van der Waals surface area contributed by atoms with E-state index in [9.17, 15) is 4.79 Å². The Morgan fingerprint density at radius 2 is 1.87 bits per heavy atom. The number of carbonyl (C=O) groups is 1. The molecular formula is C23H20ClN5O. The second kappa shape index (κ2) is 8.47. The number of nitrogens with one attached hydrogen (secondary N) is 2. The minimum absolute atomic E-state index is 0.0291. The van der Waals surface area contributed by atoms with Crippen LogP contribution in [-0.2, 0) is 0 Å². The van der Waals surface area contributed by atoms with Crippen molar-refractivity contribution >= 4 is 39.9 Å². The largest absolute Gasteiger partial charge is 0.350 e. The standard InChI is InChI=1S/C23H20ClN5O/c1-14(2)26-23(30)17-7-3-4-8-19(17)28-22-18-12-16(24)9-10-20(18)27-21(29-22)15-6-5-11-25-13-15/h3-14H,1-2H3,(H,26,30)(H,27,28,29). The summed E-state index contributed by atoms with van der Waals surface area (Å²) in [4.78, 5) is 26.2. The molecule has 7 heteroatoms. The molecule has 0 saturated carbocycles. The number of pyridine rings is 1. The highest BCUT2D eigenvalue weighted by Crippen LogP contribution is 2.30. The Balaban J connectivity index is 1.83. The summed E-state index contributed by atoms with van der Waals surface area (Å²) in [5.41, 5.74) is 2.71. The molecule has 2 aromatic carbocycles. The summed E-state index contributed by atoms with van der Waals surface area (Å²) in [7, 11) is 0. The van der Waals surface area contributed by atoms with E-state index in [0.29, 0.717) is 27.9 Å². The van der Waals surface area contributed by atoms with Crippen molar-refractivity contribution < 1.29 is 4.79 Å². The van der Waals surface area contributed by atoms with E-state index in [1.54, 1.807) is 24.5 Å². The molecule has 2 heterocycles. The lowest BCUT2D eigenvalue weighted by Gasteiger charge is -2.15. The second-order valence-electron chi connectivity index (χ2n) is 7.10. The number of nitrogens with zero attached hydrogens (tertiary/aromatic N) is 3. The van der Waals surface area contributed by atoms with E-state index in [0.717, 1.165) is 16.5 Å². The van der Waals surface area contributed by atoms with Crippen LogP contribution in [0.1, 0.15) is 24.2 Å². The Morgan fingerprint density at radius 3 is 2.63 bits per heavy atom. The first-order valence-electron chi connectivity index (χ1n) is 9.56. The molecule has 150 valence electrons. The maximum Gasteiger partial charge on any atom is 0.253 e. The molecular weight excluding hydrogens is 398 g/mol. The van der Waals surface area contributed by atoms with Crippen LogP contribution in [0.4, 0.5) is 11.5 Å². The average molecular weight is 418 g/mol. The SMILES string of the molecule is CC(C)NC(=O)c1ccccc1Nc1nc(-c2cccnc2)nc2ccc(Cl)cc12. The number of hydrogen-bond donors (Lipinski definition) is 2. The highest BCUT2D eigenvalue weighted by molar-refractivity contribution is 6.31. The number of hydrogen-bond acceptors (Lipinski definition) is 5. The maximum absolute atomic E-state index is 12.7. The fourth-order valence-electron chi connectivity index (χ4n) is 3.08. The summed E-state index contributed by atoms with van der Waals surface area (Å²) in [5, 5.41) is 7.58. The number of fused-ring (bicyclic) bond motifs is 1. The number of carbonyl (C=O) groups excluding carboxylic acids is 1. The van der Waals surface area contributed by atoms with E-state index in [2.05, 4.69) is 20.6 Å². The molecule has 0 saturated heterocycles. The lowest BCUT2D eigenvalue weighted by atomic mass is 10.1. The quantitative estimate of drug-likeness (QED) is 0.465. The fourth-order valence-corrected chi connectivity index (χ4v) is 3.25. The maximum atomic E-state index is 12.7. The van der Waals surface area contributed by atoms with Crippen molar-refractivity contribution in [3.8, 4) is 11.4 Å². The molecule has 0 aliphatic heterocycles. The molecule has 0 radical (unpaired) electrons. The van der Waals surface area contributed by atoms with Crippen molar-refractivity contribution in [2.45, 2.75) is 19.9 Å². The molecule has 0 fully saturated rings. The van der Waals surface area contributed by atoms with Crippen molar-refractivity contribution in [3.63, 3.8) is 0 Å². The molecule has 6 nitrogen and oxygen atoms in total. The summed E-state index contributed by atoms with van der Waals surface area (Å²) in [6.45, 7) is 3.85. The van der Waals surface area contributed by atoms with Crippen molar-refractivity contribution in [2.75, 3.05) is 5.32 Å². The lowest BCUT2D eigenvalue weighted by Crippen LogP contribution is -2.30. The Kier molecular flexibility index (Phi) is 5.59. The summed E-state index contributed by atoms with van der Waals surface area (Å²) in [6, 6.07) is 16.5. The van der Waals surface area contributed by atoms with Gasteiger partial charge in [-0.15, -0.1) is 0 Å². The van der Waals surface area contributed by atoms with E-state index >= 15 is 0 Å². The molecule has 4 rings (SSSR count). The first-order chi connectivity index (χ1) is 14.5. The fraction of sp³-hybridized carbons (Fsp3) is 0.130. The van der Waals surface area contributed by atoms with Gasteiger partial charge in [-0.1, -0.05) is 23.7 Å². The number of aromatic nitrogens is 3. The number of halogens is 1. The van der Waals surface area contributed by atoms with Crippen LogP contribution in [0.2, 0.25) is 5.02 Å². The van der Waals surface area contributed by atoms with Crippen molar-refractivity contribution in [1.29, 1.82) is 0 Å². The zero-order valence-corrected chi connectivity index (χ0v) is 17.3. The van der Waals surface area contributed by atoms with Crippen LogP contribution in [0.25, 0.3) is 22.3 Å². The first-order valence-corrected chi connectivity index (χ1v) is 9.93. The Bertz CT molecular complexity index is 1210. The molecule has 30 heavy (non-hydrogen) atoms. The Morgan fingerprint density at radius 1 is 1.03 bits per heavy atom. The predicted octanol–water partition coefficient (Wildman–Crippen LogP) is 5.23. The molecule has 0 aliphatic rings. The first kappa shape index (κ1) is 19.8. The van der Waals surface area contributed by atoms with Gasteiger partial charge in [0.05, 0.1) is 16.8 Å². The number of para-hydroxylation sites is 1. The highest BCUT2D eigenvalue weighted by atomic mass is 35.5. The van der Waals surface area contributed by atoms with Crippen molar-refractivity contribution in [3.05, 3.63) is 77.6 Å². The highest BCUT2D eigenvalue weighted by Gasteiger charge is 2.15. The monoisotopic (exact) mass is 417 g/mol. The van der Waals surface area contributed by atoms with Gasteiger partial charge in [-0.2, -0.15) is 0 Å². The van der Waals surface area contributed by atoms with Gasteiger partial charge < -0.3 is 10.6 Å². The van der Waals surface area contributed by atoms with E-state index in [1.165, 1.54) is 0 Å². The second-order valence-corrected chi connectivity index (χ2v) is 7.53. The van der Waals surface area contributed by atoms with Crippen LogP contribution in [0.3, 0.4) is 0 Å². The summed E-state index contributed by atoms with van der Waals surface area (Å²) >= 11 is 6.23. The van der Waals surface area contributed by atoms with Crippen LogP contribution >= 0.6 is 11.6 Å². The lowest BCUT2D eigenvalue weighted by molar-refractivity contribution is 0.0944. The van der Waals surface area contributed by atoms with Crippen molar-refractivity contribution in [1.82, 2.24) is 20.3 Å². The molecule has 0 bridgehead atoms. The molecule has 0 spiro atoms. The number of anilines is 2. The molecule has 1 amide bonds. The molecule has 0 unspecified atom stereocenters. The predicted molar refractivity (Wildman–Crippen MR) is 120 cm³/mol. The third-order valence-electron chi connectivity index (χ3n) is 4.42. The minimum Gasteiger partial charge on any atom is -0.350 e. The van der Waals surface area contributed by atoms with E-state index < -0.39 is 0 Å². The molecule has 2 N–H and O–H groups in total. The average Bonchev–Trinajstić information content (AvgIpc) is 2.74. The summed E-state index contributed by atoms with van der Waals surface area (Å²) in [6.07, 6.45) is 3.41. The number of benzene rings is 2. The summed E-state index contributed by atoms with van der Waals surface area (Å²) in [5.74, 6) is 0.938. The van der Waals surface area contributed by atoms with E-state index in [-0.39, 0.29) is 11.9 Å². The third kappa shape index (κ3) is 4.23. The minimum atomic E-state index is -0.156. The van der Waals surface area contributed by atoms with E-state index in [4.69, 9.17) is 16.6 Å². The van der Waals surface area contributed by atoms with Gasteiger partial charge in [0.15, 0.2) is 5.82 Å². The Hall–Kier alpha value is -3.51. The number of amides is 1. The van der Waals surface area contributed by atoms with Crippen LogP contribution in [0, 0.1) is 0 Å². The van der Waals surface area contributed by atoms with Gasteiger partial charge in [-0.3, -0.25) is 9.78 Å². The van der Waals surface area contributed by atoms with Gasteiger partial charge in [0.2, 0.25) is 0 Å². The normalized spacial score (nSPS) is 10.9. The Labute approximate surface area is 179 Å². The van der Waals surface area contributed by atoms with Gasteiger partial charge in [-0.05, 0) is 56.3 Å².